The van der Waals surface area contributed by atoms with E-state index in [0.29, 0.717) is 0 Å². The van der Waals surface area contributed by atoms with E-state index in [4.69, 9.17) is 0 Å². The third kappa shape index (κ3) is 1.47. The summed E-state index contributed by atoms with van der Waals surface area (Å²) in [6.07, 6.45) is 7.02. The van der Waals surface area contributed by atoms with Crippen molar-refractivity contribution in [2.75, 3.05) is 0 Å². The van der Waals surface area contributed by atoms with E-state index in [0.717, 1.165) is 18.6 Å². The van der Waals surface area contributed by atoms with Crippen LogP contribution in [0.15, 0.2) is 30.3 Å². The molecule has 0 heterocycles. The molecule has 16 heavy (non-hydrogen) atoms. The number of thiol groups is 1. The van der Waals surface area contributed by atoms with Crippen LogP contribution in [0.5, 0.6) is 0 Å². The highest BCUT2D eigenvalue weighted by atomic mass is 32.1. The Bertz CT molecular complexity index is 653. The summed E-state index contributed by atoms with van der Waals surface area (Å²) in [6, 6.07) is 10.9. The van der Waals surface area contributed by atoms with Gasteiger partial charge in [0.1, 0.15) is 0 Å². The molecule has 1 heteroatoms. The van der Waals surface area contributed by atoms with Crippen molar-refractivity contribution in [2.45, 2.75) is 18.6 Å². The van der Waals surface area contributed by atoms with E-state index in [9.17, 15) is 0 Å². The van der Waals surface area contributed by atoms with Gasteiger partial charge in [0.25, 0.3) is 0 Å². The van der Waals surface area contributed by atoms with Crippen LogP contribution in [-0.4, -0.2) is 0 Å². The first-order valence-electron chi connectivity index (χ1n) is 5.72. The molecule has 0 atom stereocenters. The minimum Gasteiger partial charge on any atom is -0.175 e. The van der Waals surface area contributed by atoms with Gasteiger partial charge in [-0.15, -0.1) is 0 Å². The third-order valence-electron chi connectivity index (χ3n) is 3.27. The van der Waals surface area contributed by atoms with E-state index in [-0.39, 0.29) is 0 Å². The van der Waals surface area contributed by atoms with E-state index in [1.54, 1.807) is 0 Å². The van der Waals surface area contributed by atoms with Crippen LogP contribution in [0.4, 0.5) is 0 Å². The zero-order chi connectivity index (χ0) is 11.0. The lowest BCUT2D eigenvalue weighted by molar-refractivity contribution is 1.11. The smallest absolute Gasteiger partial charge is 0.0166 e. The first-order chi connectivity index (χ1) is 7.90. The Hall–Kier alpha value is -1.21. The lowest BCUT2D eigenvalue weighted by Gasteiger charge is -2.09. The minimum absolute atomic E-state index is 0.814. The van der Waals surface area contributed by atoms with Crippen molar-refractivity contribution >= 4 is 35.6 Å². The standard InChI is InChI=1S/C15H14S/c16-10-15-13-7-3-1-5-11(13)9-12-6-2-4-8-14(12)15/h1,3,5-9,16H,2,4,10H2. The monoisotopic (exact) mass is 226 g/mol. The quantitative estimate of drug-likeness (QED) is 0.710. The van der Waals surface area contributed by atoms with Gasteiger partial charge < -0.3 is 0 Å². The van der Waals surface area contributed by atoms with Crippen molar-refractivity contribution in [3.05, 3.63) is 46.3 Å². The second-order valence-electron chi connectivity index (χ2n) is 4.22. The van der Waals surface area contributed by atoms with E-state index in [1.165, 1.54) is 26.8 Å². The van der Waals surface area contributed by atoms with Gasteiger partial charge in [0.15, 0.2) is 0 Å². The summed E-state index contributed by atoms with van der Waals surface area (Å²) in [5.41, 5.74) is 1.38. The van der Waals surface area contributed by atoms with Crippen molar-refractivity contribution in [1.82, 2.24) is 0 Å². The highest BCUT2D eigenvalue weighted by Gasteiger charge is 2.04. The minimum atomic E-state index is 0.814. The molecule has 2 aromatic carbocycles. The Balaban J connectivity index is 2.56. The summed E-state index contributed by atoms with van der Waals surface area (Å²) in [5, 5.41) is 5.47. The summed E-state index contributed by atoms with van der Waals surface area (Å²) in [6.45, 7) is 0. The first-order valence-corrected chi connectivity index (χ1v) is 6.35. The van der Waals surface area contributed by atoms with Crippen LogP contribution >= 0.6 is 12.6 Å². The summed E-state index contributed by atoms with van der Waals surface area (Å²) >= 11 is 4.49. The molecule has 0 saturated carbocycles. The Morgan fingerprint density at radius 2 is 1.88 bits per heavy atom. The molecule has 80 valence electrons. The molecule has 0 radical (unpaired) electrons. The molecule has 0 nitrogen and oxygen atoms in total. The van der Waals surface area contributed by atoms with E-state index in [1.807, 2.05) is 0 Å². The zero-order valence-corrected chi connectivity index (χ0v) is 10.0. The van der Waals surface area contributed by atoms with Gasteiger partial charge in [0.2, 0.25) is 0 Å². The molecule has 1 aliphatic rings. The van der Waals surface area contributed by atoms with Crippen molar-refractivity contribution in [3.63, 3.8) is 0 Å². The van der Waals surface area contributed by atoms with Crippen LogP contribution in [-0.2, 0) is 5.75 Å². The maximum absolute atomic E-state index is 4.49. The SMILES string of the molecule is SCc1c2c(cc3ccccc13)=CCCC=2. The Morgan fingerprint density at radius 3 is 2.75 bits per heavy atom. The molecule has 0 spiro atoms. The van der Waals surface area contributed by atoms with Crippen molar-refractivity contribution in [2.24, 2.45) is 0 Å². The Labute approximate surface area is 101 Å². The fourth-order valence-electron chi connectivity index (χ4n) is 2.51. The normalized spacial score (nSPS) is 14.1. The van der Waals surface area contributed by atoms with Gasteiger partial charge in [-0.25, -0.2) is 0 Å². The number of hydrogen-bond acceptors (Lipinski definition) is 1. The maximum atomic E-state index is 4.49. The molecule has 0 N–H and O–H groups in total. The lowest BCUT2D eigenvalue weighted by atomic mass is 9.97. The van der Waals surface area contributed by atoms with Crippen LogP contribution in [0, 0.1) is 0 Å². The average Bonchev–Trinajstić information content (AvgIpc) is 2.36. The van der Waals surface area contributed by atoms with Gasteiger partial charge in [-0.2, -0.15) is 12.6 Å². The molecule has 0 aliphatic heterocycles. The van der Waals surface area contributed by atoms with E-state index in [2.05, 4.69) is 55.1 Å². The van der Waals surface area contributed by atoms with Crippen molar-refractivity contribution < 1.29 is 0 Å². The van der Waals surface area contributed by atoms with Crippen molar-refractivity contribution in [3.8, 4) is 0 Å². The van der Waals surface area contributed by atoms with Crippen LogP contribution in [0.1, 0.15) is 18.4 Å². The Kier molecular flexibility index (Phi) is 2.49. The van der Waals surface area contributed by atoms with Gasteiger partial charge in [0.05, 0.1) is 0 Å². The molecule has 0 fully saturated rings. The molecule has 1 aliphatic carbocycles. The first kappa shape index (κ1) is 9.98. The average molecular weight is 226 g/mol. The summed E-state index contributed by atoms with van der Waals surface area (Å²) < 4.78 is 0. The number of benzene rings is 2. The predicted molar refractivity (Wildman–Crippen MR) is 74.1 cm³/mol. The fourth-order valence-corrected chi connectivity index (χ4v) is 2.85. The van der Waals surface area contributed by atoms with E-state index < -0.39 is 0 Å². The molecule has 0 saturated heterocycles. The van der Waals surface area contributed by atoms with Gasteiger partial charge >= 0.3 is 0 Å². The summed E-state index contributed by atoms with van der Waals surface area (Å²) in [4.78, 5) is 0. The van der Waals surface area contributed by atoms with Gasteiger partial charge in [-0.3, -0.25) is 0 Å². The second-order valence-corrected chi connectivity index (χ2v) is 4.54. The zero-order valence-electron chi connectivity index (χ0n) is 9.11. The molecule has 0 bridgehead atoms. The third-order valence-corrected chi connectivity index (χ3v) is 3.59. The summed E-state index contributed by atoms with van der Waals surface area (Å²) in [7, 11) is 0. The molecular formula is C15H14S. The molecule has 0 aromatic heterocycles. The number of fused-ring (bicyclic) bond motifs is 2. The van der Waals surface area contributed by atoms with Crippen LogP contribution < -0.4 is 10.4 Å². The largest absolute Gasteiger partial charge is 0.175 e. The molecule has 3 rings (SSSR count). The summed E-state index contributed by atoms with van der Waals surface area (Å²) in [5.74, 6) is 0.814. The van der Waals surface area contributed by atoms with Gasteiger partial charge in [0, 0.05) is 5.75 Å². The Morgan fingerprint density at radius 1 is 1.06 bits per heavy atom. The number of rotatable bonds is 1. The topological polar surface area (TPSA) is 0 Å². The van der Waals surface area contributed by atoms with Crippen molar-refractivity contribution in [1.29, 1.82) is 0 Å². The molecule has 0 amide bonds. The van der Waals surface area contributed by atoms with E-state index >= 15 is 0 Å². The maximum Gasteiger partial charge on any atom is 0.0166 e. The molecular weight excluding hydrogens is 212 g/mol. The molecule has 2 aromatic rings. The van der Waals surface area contributed by atoms with Crippen LogP contribution in [0.25, 0.3) is 22.9 Å². The number of hydrogen-bond donors (Lipinski definition) is 1. The van der Waals surface area contributed by atoms with Gasteiger partial charge in [-0.05, 0) is 45.7 Å². The highest BCUT2D eigenvalue weighted by Crippen LogP contribution is 2.16. The van der Waals surface area contributed by atoms with Crippen LogP contribution in [0.3, 0.4) is 0 Å². The molecule has 0 unspecified atom stereocenters. The lowest BCUT2D eigenvalue weighted by Crippen LogP contribution is -2.30. The second kappa shape index (κ2) is 3.99. The van der Waals surface area contributed by atoms with Crippen LogP contribution in [0.2, 0.25) is 0 Å². The van der Waals surface area contributed by atoms with Gasteiger partial charge in [-0.1, -0.05) is 36.4 Å². The fraction of sp³-hybridized carbons (Fsp3) is 0.200. The highest BCUT2D eigenvalue weighted by molar-refractivity contribution is 7.79. The predicted octanol–water partition coefficient (Wildman–Crippen LogP) is 2.62.